The molecule has 18 nitrogen and oxygen atoms in total. The van der Waals surface area contributed by atoms with Crippen LogP contribution >= 0.6 is 35.1 Å². The molecule has 3 heterocycles. The number of alkyl halides is 2. The fourth-order valence-corrected chi connectivity index (χ4v) is 6.58. The summed E-state index contributed by atoms with van der Waals surface area (Å²) in [5, 5.41) is 10.5. The van der Waals surface area contributed by atoms with E-state index in [2.05, 4.69) is 28.1 Å². The number of imidazole rings is 1. The average Bonchev–Trinajstić information content (AvgIpc) is 3.23. The van der Waals surface area contributed by atoms with Gasteiger partial charge in [-0.2, -0.15) is 18.6 Å². The van der Waals surface area contributed by atoms with Crippen LogP contribution < -0.4 is 10.6 Å². The van der Waals surface area contributed by atoms with Crippen molar-refractivity contribution in [3.8, 4) is 0 Å². The summed E-state index contributed by atoms with van der Waals surface area (Å²) in [6, 6.07) is 0. The van der Waals surface area contributed by atoms with Gasteiger partial charge in [-0.05, 0) is 0 Å². The number of aromatic nitrogens is 4. The van der Waals surface area contributed by atoms with Crippen molar-refractivity contribution in [2.75, 3.05) is 37.2 Å². The Kier molecular flexibility index (Phi) is 8.22. The molecule has 7 N–H and O–H groups in total. The van der Waals surface area contributed by atoms with Crippen LogP contribution in [-0.2, 0) is 31.6 Å². The molecule has 1 aliphatic rings. The smallest absolute Gasteiger partial charge is 0.387 e. The Morgan fingerprint density at radius 1 is 1.22 bits per heavy atom. The molecular weight excluding hydrogens is 580 g/mol. The largest absolute Gasteiger partial charge is 0.490 e. The van der Waals surface area contributed by atoms with Crippen LogP contribution in [-0.4, -0.2) is 88.7 Å². The van der Waals surface area contributed by atoms with E-state index in [1.165, 1.54) is 0 Å². The van der Waals surface area contributed by atoms with E-state index in [1.807, 2.05) is 0 Å². The summed E-state index contributed by atoms with van der Waals surface area (Å²) in [5.41, 5.74) is 3.72. The molecule has 0 spiro atoms. The minimum Gasteiger partial charge on any atom is -0.387 e. The highest BCUT2D eigenvalue weighted by molar-refractivity contribution is 7.66. The molecule has 1 saturated heterocycles. The SMILES string of the molecule is CN(C)c1nc(N)nc2c1ncn2[C@@H]1O[C@](CCl)(COP(=O)(O)OP(=O)(O)OP(=O)(O)O)[C@@H](O)[C@H]1F. The molecule has 2 aromatic heterocycles. The zero-order valence-corrected chi connectivity index (χ0v) is 21.7. The number of rotatable bonds is 10. The van der Waals surface area contributed by atoms with E-state index in [0.717, 1.165) is 10.9 Å². The van der Waals surface area contributed by atoms with E-state index in [4.69, 9.17) is 31.9 Å². The number of phosphoric ester groups is 1. The van der Waals surface area contributed by atoms with Gasteiger partial charge >= 0.3 is 23.5 Å². The van der Waals surface area contributed by atoms with Gasteiger partial charge in [-0.25, -0.2) is 23.1 Å². The van der Waals surface area contributed by atoms with E-state index < -0.39 is 60.1 Å². The highest BCUT2D eigenvalue weighted by atomic mass is 35.5. The number of hydrogen-bond donors (Lipinski definition) is 6. The number of aliphatic hydroxyl groups excluding tert-OH is 1. The first-order valence-corrected chi connectivity index (χ1v) is 14.5. The summed E-state index contributed by atoms with van der Waals surface area (Å²) in [5.74, 6) is -0.618. The van der Waals surface area contributed by atoms with Crippen molar-refractivity contribution in [1.82, 2.24) is 19.5 Å². The van der Waals surface area contributed by atoms with Crippen molar-refractivity contribution in [2.45, 2.75) is 24.1 Å². The number of fused-ring (bicyclic) bond motifs is 1. The van der Waals surface area contributed by atoms with Crippen LogP contribution in [0.2, 0.25) is 0 Å². The van der Waals surface area contributed by atoms with Crippen LogP contribution in [0.1, 0.15) is 6.23 Å². The Morgan fingerprint density at radius 2 is 1.86 bits per heavy atom. The Balaban J connectivity index is 1.86. The highest BCUT2D eigenvalue weighted by Crippen LogP contribution is 2.66. The number of nitrogens with two attached hydrogens (primary N) is 1. The minimum atomic E-state index is -5.81. The molecule has 0 saturated carbocycles. The van der Waals surface area contributed by atoms with Crippen molar-refractivity contribution in [2.24, 2.45) is 0 Å². The fourth-order valence-electron chi connectivity index (χ4n) is 3.21. The van der Waals surface area contributed by atoms with E-state index in [-0.39, 0.29) is 17.1 Å². The average molecular weight is 601 g/mol. The van der Waals surface area contributed by atoms with E-state index in [9.17, 15) is 28.6 Å². The topological polar surface area (TPSA) is 262 Å². The van der Waals surface area contributed by atoms with Crippen LogP contribution in [0.4, 0.5) is 16.2 Å². The number of anilines is 2. The molecule has 36 heavy (non-hydrogen) atoms. The molecule has 23 heteroatoms. The maximum absolute atomic E-state index is 15.2. The van der Waals surface area contributed by atoms with Crippen LogP contribution in [0.3, 0.4) is 0 Å². The molecule has 2 aromatic rings. The molecule has 1 aliphatic heterocycles. The molecule has 0 aliphatic carbocycles. The Hall–Kier alpha value is -1.30. The molecule has 3 rings (SSSR count). The summed E-state index contributed by atoms with van der Waals surface area (Å²) >= 11 is 5.86. The molecule has 0 bridgehead atoms. The van der Waals surface area contributed by atoms with Crippen molar-refractivity contribution in [3.05, 3.63) is 6.33 Å². The van der Waals surface area contributed by atoms with E-state index in [1.54, 1.807) is 19.0 Å². The van der Waals surface area contributed by atoms with Gasteiger partial charge in [0.25, 0.3) is 0 Å². The minimum absolute atomic E-state index is 0.0179. The van der Waals surface area contributed by atoms with Gasteiger partial charge in [-0.3, -0.25) is 9.09 Å². The van der Waals surface area contributed by atoms with Gasteiger partial charge in [0.1, 0.15) is 11.7 Å². The van der Waals surface area contributed by atoms with Gasteiger partial charge in [-0.1, -0.05) is 0 Å². The third-order valence-corrected chi connectivity index (χ3v) is 8.94. The lowest BCUT2D eigenvalue weighted by molar-refractivity contribution is -0.111. The number of halogens is 2. The maximum Gasteiger partial charge on any atom is 0.490 e. The standard InChI is InChI=1S/C13H21ClFN6O12P3/c1-20(2)9-7-10(19-12(16)18-9)21(5-17-7)11-6(15)8(22)13(3-14,31-11)4-30-35(26,27)33-36(28,29)32-34(23,24)25/h5-6,8,11,22H,3-4H2,1-2H3,(H,26,27)(H,28,29)(H2,16,18,19)(H2,23,24,25)/t6-,8+,11-,13-/m1/s1. The normalized spacial score (nSPS) is 28.2. The van der Waals surface area contributed by atoms with Crippen molar-refractivity contribution < 1.29 is 60.6 Å². The van der Waals surface area contributed by atoms with Crippen LogP contribution in [0.5, 0.6) is 0 Å². The van der Waals surface area contributed by atoms with Gasteiger partial charge < -0.3 is 40.1 Å². The first-order valence-electron chi connectivity index (χ1n) is 9.42. The number of ether oxygens (including phenoxy) is 1. The summed E-state index contributed by atoms with van der Waals surface area (Å²) in [4.78, 5) is 49.9. The lowest BCUT2D eigenvalue weighted by atomic mass is 9.99. The molecule has 2 unspecified atom stereocenters. The molecular formula is C13H21ClFN6O12P3. The van der Waals surface area contributed by atoms with Crippen molar-refractivity contribution in [3.63, 3.8) is 0 Å². The first kappa shape index (κ1) is 29.3. The predicted molar refractivity (Wildman–Crippen MR) is 118 cm³/mol. The number of nitrogen functional groups attached to an aromatic ring is 1. The molecule has 0 amide bonds. The third kappa shape index (κ3) is 6.22. The molecule has 204 valence electrons. The maximum atomic E-state index is 15.2. The number of nitrogens with zero attached hydrogens (tertiary/aromatic N) is 5. The summed E-state index contributed by atoms with van der Waals surface area (Å²) < 4.78 is 67.9. The Morgan fingerprint density at radius 3 is 2.42 bits per heavy atom. The second-order valence-electron chi connectivity index (χ2n) is 7.58. The third-order valence-electron chi connectivity index (χ3n) is 4.70. The summed E-state index contributed by atoms with van der Waals surface area (Å²) in [6.07, 6.45) is -4.85. The van der Waals surface area contributed by atoms with Crippen LogP contribution in [0.25, 0.3) is 11.2 Å². The summed E-state index contributed by atoms with van der Waals surface area (Å²) in [6.45, 7) is -1.19. The second kappa shape index (κ2) is 10.1. The zero-order valence-electron chi connectivity index (χ0n) is 18.2. The first-order chi connectivity index (χ1) is 16.4. The van der Waals surface area contributed by atoms with Gasteiger partial charge in [0.05, 0.1) is 18.8 Å². The Bertz CT molecular complexity index is 1280. The van der Waals surface area contributed by atoms with Gasteiger partial charge in [-0.15, -0.1) is 11.6 Å². The monoisotopic (exact) mass is 600 g/mol. The zero-order chi connectivity index (χ0) is 27.3. The molecule has 1 fully saturated rings. The lowest BCUT2D eigenvalue weighted by Crippen LogP contribution is -2.47. The second-order valence-corrected chi connectivity index (χ2v) is 12.3. The fraction of sp³-hybridized carbons (Fsp3) is 0.615. The number of hydrogen-bond acceptors (Lipinski definition) is 13. The number of phosphoric acid groups is 3. The molecule has 0 aromatic carbocycles. The number of aliphatic hydroxyl groups is 1. The van der Waals surface area contributed by atoms with Crippen molar-refractivity contribution in [1.29, 1.82) is 0 Å². The summed E-state index contributed by atoms with van der Waals surface area (Å²) in [7, 11) is -13.7. The highest BCUT2D eigenvalue weighted by Gasteiger charge is 2.57. The van der Waals surface area contributed by atoms with E-state index >= 15 is 4.39 Å². The van der Waals surface area contributed by atoms with Gasteiger partial charge in [0.15, 0.2) is 29.4 Å². The van der Waals surface area contributed by atoms with Gasteiger partial charge in [0, 0.05) is 14.1 Å². The molecule has 6 atom stereocenters. The quantitative estimate of drug-likeness (QED) is 0.155. The Labute approximate surface area is 206 Å². The van der Waals surface area contributed by atoms with E-state index in [0.29, 0.717) is 5.82 Å². The molecule has 0 radical (unpaired) electrons. The van der Waals surface area contributed by atoms with Crippen LogP contribution in [0.15, 0.2) is 6.33 Å². The van der Waals surface area contributed by atoms with Gasteiger partial charge in [0.2, 0.25) is 5.95 Å². The predicted octanol–water partition coefficient (Wildman–Crippen LogP) is 0.0232. The van der Waals surface area contributed by atoms with Crippen LogP contribution in [0, 0.1) is 0 Å². The van der Waals surface area contributed by atoms with Crippen molar-refractivity contribution >= 4 is 58.0 Å². The lowest BCUT2D eigenvalue weighted by Gasteiger charge is -2.29.